The lowest BCUT2D eigenvalue weighted by Crippen LogP contribution is -2.47. The number of β-amino-alcohol motifs (C(OH)–C–C–N with tert-alkyl or cyclic N) is 1. The normalized spacial score (nSPS) is 26.1. The second kappa shape index (κ2) is 6.78. The summed E-state index contributed by atoms with van der Waals surface area (Å²) in [5, 5.41) is 9.64. The maximum absolute atomic E-state index is 12.1. The molecule has 2 unspecified atom stereocenters. The highest BCUT2D eigenvalue weighted by Gasteiger charge is 2.38. The Hall–Kier alpha value is -0.250. The van der Waals surface area contributed by atoms with E-state index in [4.69, 9.17) is 4.74 Å². The van der Waals surface area contributed by atoms with Gasteiger partial charge >= 0.3 is 0 Å². The van der Waals surface area contributed by atoms with Gasteiger partial charge in [0.15, 0.2) is 0 Å². The van der Waals surface area contributed by atoms with Crippen LogP contribution in [-0.2, 0) is 14.9 Å². The average Bonchev–Trinajstić information content (AvgIpc) is 2.59. The van der Waals surface area contributed by atoms with Crippen LogP contribution in [0.2, 0.25) is 0 Å². The number of methoxy groups -OCH3 is 1. The standard InChI is InChI=1S/C10H23N3O4S/c1-12(2)7-9-6-10(14)8-13(9)18(15,16)11-4-5-17-3/h9-11,14H,4-8H2,1-3H3. The van der Waals surface area contributed by atoms with Crippen molar-refractivity contribution in [3.63, 3.8) is 0 Å². The zero-order valence-electron chi connectivity index (χ0n) is 11.2. The molecular weight excluding hydrogens is 258 g/mol. The van der Waals surface area contributed by atoms with Crippen molar-refractivity contribution < 1.29 is 18.3 Å². The molecule has 0 aromatic carbocycles. The van der Waals surface area contributed by atoms with E-state index in [1.54, 1.807) is 0 Å². The van der Waals surface area contributed by atoms with Crippen molar-refractivity contribution in [3.05, 3.63) is 0 Å². The van der Waals surface area contributed by atoms with Crippen LogP contribution in [0.15, 0.2) is 0 Å². The van der Waals surface area contributed by atoms with E-state index in [0.717, 1.165) is 0 Å². The Bertz CT molecular complexity index is 347. The zero-order valence-corrected chi connectivity index (χ0v) is 12.0. The Balaban J connectivity index is 2.65. The van der Waals surface area contributed by atoms with Crippen molar-refractivity contribution in [2.24, 2.45) is 0 Å². The minimum absolute atomic E-state index is 0.154. The fraction of sp³-hybridized carbons (Fsp3) is 1.00. The molecule has 0 bridgehead atoms. The Morgan fingerprint density at radius 3 is 2.72 bits per heavy atom. The summed E-state index contributed by atoms with van der Waals surface area (Å²) in [6.45, 7) is 1.32. The number of nitrogens with zero attached hydrogens (tertiary/aromatic N) is 2. The second-order valence-corrected chi connectivity index (χ2v) is 6.48. The lowest BCUT2D eigenvalue weighted by atomic mass is 10.2. The lowest BCUT2D eigenvalue weighted by molar-refractivity contribution is 0.187. The van der Waals surface area contributed by atoms with Gasteiger partial charge in [-0.3, -0.25) is 0 Å². The molecule has 0 aliphatic carbocycles. The molecule has 18 heavy (non-hydrogen) atoms. The predicted molar refractivity (Wildman–Crippen MR) is 68.5 cm³/mol. The number of likely N-dealkylation sites (N-methyl/N-ethyl adjacent to an activating group) is 1. The molecule has 1 saturated heterocycles. The molecule has 0 saturated carbocycles. The third-order valence-electron chi connectivity index (χ3n) is 2.82. The number of hydrogen-bond acceptors (Lipinski definition) is 5. The fourth-order valence-corrected chi connectivity index (χ4v) is 3.52. The third-order valence-corrected chi connectivity index (χ3v) is 4.45. The molecule has 0 aromatic heterocycles. The molecule has 1 aliphatic rings. The highest BCUT2D eigenvalue weighted by atomic mass is 32.2. The van der Waals surface area contributed by atoms with Gasteiger partial charge in [-0.1, -0.05) is 0 Å². The monoisotopic (exact) mass is 281 g/mol. The van der Waals surface area contributed by atoms with E-state index in [9.17, 15) is 13.5 Å². The average molecular weight is 281 g/mol. The molecule has 0 amide bonds. The van der Waals surface area contributed by atoms with Gasteiger partial charge in [-0.05, 0) is 20.5 Å². The summed E-state index contributed by atoms with van der Waals surface area (Å²) in [5.74, 6) is 0. The number of rotatable bonds is 7. The lowest BCUT2D eigenvalue weighted by Gasteiger charge is -2.26. The van der Waals surface area contributed by atoms with Crippen LogP contribution in [0.3, 0.4) is 0 Å². The summed E-state index contributed by atoms with van der Waals surface area (Å²) >= 11 is 0. The van der Waals surface area contributed by atoms with E-state index in [0.29, 0.717) is 19.6 Å². The summed E-state index contributed by atoms with van der Waals surface area (Å²) in [5.41, 5.74) is 0. The van der Waals surface area contributed by atoms with Crippen molar-refractivity contribution in [1.29, 1.82) is 0 Å². The van der Waals surface area contributed by atoms with E-state index in [-0.39, 0.29) is 19.1 Å². The zero-order chi connectivity index (χ0) is 13.8. The van der Waals surface area contributed by atoms with E-state index in [1.165, 1.54) is 11.4 Å². The summed E-state index contributed by atoms with van der Waals surface area (Å²) in [4.78, 5) is 1.92. The Labute approximate surface area is 109 Å². The first-order chi connectivity index (χ1) is 8.36. The molecule has 1 heterocycles. The number of aliphatic hydroxyl groups excluding tert-OH is 1. The van der Waals surface area contributed by atoms with Gasteiger partial charge in [0, 0.05) is 32.8 Å². The van der Waals surface area contributed by atoms with Crippen LogP contribution in [0, 0.1) is 0 Å². The molecule has 1 fully saturated rings. The molecule has 7 nitrogen and oxygen atoms in total. The Kier molecular flexibility index (Phi) is 5.96. The van der Waals surface area contributed by atoms with Gasteiger partial charge in [0.25, 0.3) is 10.2 Å². The quantitative estimate of drug-likeness (QED) is 0.553. The van der Waals surface area contributed by atoms with E-state index >= 15 is 0 Å². The van der Waals surface area contributed by atoms with E-state index < -0.39 is 16.3 Å². The molecule has 0 aromatic rings. The van der Waals surface area contributed by atoms with Gasteiger partial charge < -0.3 is 14.7 Å². The SMILES string of the molecule is COCCNS(=O)(=O)N1CC(O)CC1CN(C)C. The van der Waals surface area contributed by atoms with Crippen LogP contribution in [0.5, 0.6) is 0 Å². The summed E-state index contributed by atoms with van der Waals surface area (Å²) in [7, 11) is 1.74. The molecule has 1 rings (SSSR count). The van der Waals surface area contributed by atoms with Crippen molar-refractivity contribution >= 4 is 10.2 Å². The minimum atomic E-state index is -3.54. The smallest absolute Gasteiger partial charge is 0.279 e. The molecule has 0 radical (unpaired) electrons. The highest BCUT2D eigenvalue weighted by molar-refractivity contribution is 7.87. The van der Waals surface area contributed by atoms with Crippen LogP contribution >= 0.6 is 0 Å². The molecule has 1 aliphatic heterocycles. The van der Waals surface area contributed by atoms with Crippen LogP contribution in [0.4, 0.5) is 0 Å². The third kappa shape index (κ3) is 4.45. The van der Waals surface area contributed by atoms with Crippen molar-refractivity contribution in [2.75, 3.05) is 47.4 Å². The summed E-state index contributed by atoms with van der Waals surface area (Å²) in [6, 6.07) is -0.185. The molecule has 108 valence electrons. The number of aliphatic hydroxyl groups is 1. The number of nitrogens with one attached hydrogen (secondary N) is 1. The molecule has 2 N–H and O–H groups in total. The van der Waals surface area contributed by atoms with Crippen LogP contribution in [0.1, 0.15) is 6.42 Å². The van der Waals surface area contributed by atoms with Crippen LogP contribution < -0.4 is 4.72 Å². The molecular formula is C10H23N3O4S. The Morgan fingerprint density at radius 1 is 1.50 bits per heavy atom. The van der Waals surface area contributed by atoms with E-state index in [2.05, 4.69) is 4.72 Å². The van der Waals surface area contributed by atoms with Crippen LogP contribution in [0.25, 0.3) is 0 Å². The maximum atomic E-state index is 12.1. The molecule has 2 atom stereocenters. The van der Waals surface area contributed by atoms with Gasteiger partial charge in [-0.15, -0.1) is 0 Å². The van der Waals surface area contributed by atoms with Crippen molar-refractivity contribution in [2.45, 2.75) is 18.6 Å². The maximum Gasteiger partial charge on any atom is 0.279 e. The van der Waals surface area contributed by atoms with Gasteiger partial charge in [-0.2, -0.15) is 17.4 Å². The molecule has 0 spiro atoms. The minimum Gasteiger partial charge on any atom is -0.392 e. The topological polar surface area (TPSA) is 82.1 Å². The first-order valence-corrected chi connectivity index (χ1v) is 7.39. The Morgan fingerprint density at radius 2 is 2.17 bits per heavy atom. The summed E-state index contributed by atoms with van der Waals surface area (Å²) < 4.78 is 32.8. The first kappa shape index (κ1) is 15.8. The van der Waals surface area contributed by atoms with Gasteiger partial charge in [0.1, 0.15) is 0 Å². The largest absolute Gasteiger partial charge is 0.392 e. The van der Waals surface area contributed by atoms with Gasteiger partial charge in [-0.25, -0.2) is 0 Å². The van der Waals surface area contributed by atoms with Crippen LogP contribution in [-0.4, -0.2) is 82.3 Å². The number of ether oxygens (including phenoxy) is 1. The fourth-order valence-electron chi connectivity index (χ4n) is 2.10. The summed E-state index contributed by atoms with van der Waals surface area (Å²) in [6.07, 6.45) is -0.113. The first-order valence-electron chi connectivity index (χ1n) is 5.95. The van der Waals surface area contributed by atoms with E-state index in [1.807, 2.05) is 19.0 Å². The van der Waals surface area contributed by atoms with Crippen molar-refractivity contribution in [1.82, 2.24) is 13.9 Å². The van der Waals surface area contributed by atoms with Gasteiger partial charge in [0.05, 0.1) is 12.7 Å². The van der Waals surface area contributed by atoms with Gasteiger partial charge in [0.2, 0.25) is 0 Å². The van der Waals surface area contributed by atoms with Crippen molar-refractivity contribution in [3.8, 4) is 0 Å². The number of hydrogen-bond donors (Lipinski definition) is 2. The second-order valence-electron chi connectivity index (χ2n) is 4.77. The predicted octanol–water partition coefficient (Wildman–Crippen LogP) is -1.54. The molecule has 8 heteroatoms. The highest BCUT2D eigenvalue weighted by Crippen LogP contribution is 2.21.